The summed E-state index contributed by atoms with van der Waals surface area (Å²) in [6.07, 6.45) is 0. The topological polar surface area (TPSA) is 29.3 Å². The van der Waals surface area contributed by atoms with Crippen molar-refractivity contribution in [2.75, 3.05) is 11.9 Å². The summed E-state index contributed by atoms with van der Waals surface area (Å²) in [5.74, 6) is -0.192. The number of anilines is 1. The first-order valence-electron chi connectivity index (χ1n) is 5.95. The van der Waals surface area contributed by atoms with Gasteiger partial charge in [0.1, 0.15) is 5.82 Å². The van der Waals surface area contributed by atoms with Gasteiger partial charge < -0.3 is 10.6 Å². The van der Waals surface area contributed by atoms with Gasteiger partial charge in [-0.05, 0) is 12.1 Å². The van der Waals surface area contributed by atoms with Gasteiger partial charge in [0.15, 0.2) is 0 Å². The van der Waals surface area contributed by atoms with Crippen LogP contribution in [0, 0.1) is 5.82 Å². The molecule has 18 heavy (non-hydrogen) atoms. The summed E-state index contributed by atoms with van der Waals surface area (Å²) >= 11 is 0. The van der Waals surface area contributed by atoms with E-state index in [1.807, 2.05) is 48.3 Å². The highest BCUT2D eigenvalue weighted by molar-refractivity contribution is 5.46. The van der Waals surface area contributed by atoms with Crippen LogP contribution in [-0.4, -0.2) is 7.05 Å². The molecule has 0 saturated heterocycles. The standard InChI is InChI=1S/C15H17FN2/c1-18(14-8-3-2-4-9-14)11-13-7-5-6-12(10-17)15(13)16/h2-9H,10-11,17H2,1H3. The fourth-order valence-electron chi connectivity index (χ4n) is 1.94. The Morgan fingerprint density at radius 1 is 1.00 bits per heavy atom. The van der Waals surface area contributed by atoms with Gasteiger partial charge in [0.05, 0.1) is 0 Å². The molecule has 0 aliphatic carbocycles. The molecule has 0 spiro atoms. The second-order valence-corrected chi connectivity index (χ2v) is 4.29. The van der Waals surface area contributed by atoms with Crippen molar-refractivity contribution < 1.29 is 4.39 Å². The Kier molecular flexibility index (Phi) is 3.95. The van der Waals surface area contributed by atoms with Crippen LogP contribution in [0.4, 0.5) is 10.1 Å². The second-order valence-electron chi connectivity index (χ2n) is 4.29. The molecular formula is C15H17FN2. The maximum Gasteiger partial charge on any atom is 0.132 e. The third-order valence-electron chi connectivity index (χ3n) is 2.98. The van der Waals surface area contributed by atoms with E-state index < -0.39 is 0 Å². The SMILES string of the molecule is CN(Cc1cccc(CN)c1F)c1ccccc1. The minimum atomic E-state index is -0.192. The summed E-state index contributed by atoms with van der Waals surface area (Å²) in [5, 5.41) is 0. The number of nitrogens with zero attached hydrogens (tertiary/aromatic N) is 1. The van der Waals surface area contributed by atoms with Crippen molar-refractivity contribution >= 4 is 5.69 Å². The molecule has 0 fully saturated rings. The summed E-state index contributed by atoms with van der Waals surface area (Å²) in [6, 6.07) is 15.3. The van der Waals surface area contributed by atoms with Gasteiger partial charge in [0.25, 0.3) is 0 Å². The normalized spacial score (nSPS) is 10.4. The summed E-state index contributed by atoms with van der Waals surface area (Å²) in [4.78, 5) is 2.01. The van der Waals surface area contributed by atoms with E-state index in [1.165, 1.54) is 0 Å². The lowest BCUT2D eigenvalue weighted by molar-refractivity contribution is 0.591. The molecule has 0 amide bonds. The van der Waals surface area contributed by atoms with Crippen molar-refractivity contribution in [3.63, 3.8) is 0 Å². The van der Waals surface area contributed by atoms with Gasteiger partial charge in [0, 0.05) is 37.0 Å². The van der Waals surface area contributed by atoms with Crippen LogP contribution < -0.4 is 10.6 Å². The molecule has 0 unspecified atom stereocenters. The summed E-state index contributed by atoms with van der Waals surface area (Å²) in [5.41, 5.74) is 7.81. The van der Waals surface area contributed by atoms with Crippen LogP contribution in [0.15, 0.2) is 48.5 Å². The Morgan fingerprint density at radius 3 is 2.33 bits per heavy atom. The predicted molar refractivity (Wildman–Crippen MR) is 72.8 cm³/mol. The van der Waals surface area contributed by atoms with Gasteiger partial charge in [-0.1, -0.05) is 36.4 Å². The molecule has 0 bridgehead atoms. The van der Waals surface area contributed by atoms with Crippen molar-refractivity contribution in [1.82, 2.24) is 0 Å². The fraction of sp³-hybridized carbons (Fsp3) is 0.200. The van der Waals surface area contributed by atoms with Crippen LogP contribution in [0.25, 0.3) is 0 Å². The van der Waals surface area contributed by atoms with E-state index in [9.17, 15) is 4.39 Å². The number of rotatable bonds is 4. The predicted octanol–water partition coefficient (Wildman–Crippen LogP) is 2.92. The molecule has 94 valence electrons. The molecule has 0 aromatic heterocycles. The van der Waals surface area contributed by atoms with Gasteiger partial charge in [-0.15, -0.1) is 0 Å². The van der Waals surface area contributed by atoms with Crippen LogP contribution in [0.5, 0.6) is 0 Å². The average molecular weight is 244 g/mol. The molecule has 0 saturated carbocycles. The largest absolute Gasteiger partial charge is 0.370 e. The maximum atomic E-state index is 14.0. The highest BCUT2D eigenvalue weighted by Gasteiger charge is 2.09. The van der Waals surface area contributed by atoms with Crippen molar-refractivity contribution in [3.05, 3.63) is 65.5 Å². The van der Waals surface area contributed by atoms with E-state index in [1.54, 1.807) is 12.1 Å². The van der Waals surface area contributed by atoms with Crippen molar-refractivity contribution in [3.8, 4) is 0 Å². The molecular weight excluding hydrogens is 227 g/mol. The molecule has 0 aliphatic heterocycles. The molecule has 2 aromatic rings. The zero-order chi connectivity index (χ0) is 13.0. The van der Waals surface area contributed by atoms with Crippen molar-refractivity contribution in [2.45, 2.75) is 13.1 Å². The second kappa shape index (κ2) is 5.65. The lowest BCUT2D eigenvalue weighted by Gasteiger charge is -2.20. The summed E-state index contributed by atoms with van der Waals surface area (Å²) in [7, 11) is 1.95. The van der Waals surface area contributed by atoms with E-state index in [0.717, 1.165) is 5.69 Å². The highest BCUT2D eigenvalue weighted by Crippen LogP contribution is 2.18. The van der Waals surface area contributed by atoms with Gasteiger partial charge in [-0.2, -0.15) is 0 Å². The zero-order valence-corrected chi connectivity index (χ0v) is 10.4. The Balaban J connectivity index is 2.19. The first-order valence-corrected chi connectivity index (χ1v) is 5.95. The third kappa shape index (κ3) is 2.68. The molecule has 2 aromatic carbocycles. The molecule has 0 atom stereocenters. The van der Waals surface area contributed by atoms with Crippen LogP contribution in [0.1, 0.15) is 11.1 Å². The number of benzene rings is 2. The summed E-state index contributed by atoms with van der Waals surface area (Å²) < 4.78 is 14.0. The van der Waals surface area contributed by atoms with Gasteiger partial charge in [-0.3, -0.25) is 0 Å². The Bertz CT molecular complexity index is 511. The Hall–Kier alpha value is -1.87. The van der Waals surface area contributed by atoms with E-state index in [-0.39, 0.29) is 12.4 Å². The fourth-order valence-corrected chi connectivity index (χ4v) is 1.94. The molecule has 0 radical (unpaired) electrons. The van der Waals surface area contributed by atoms with E-state index >= 15 is 0 Å². The number of hydrogen-bond acceptors (Lipinski definition) is 2. The quantitative estimate of drug-likeness (QED) is 0.896. The van der Waals surface area contributed by atoms with E-state index in [4.69, 9.17) is 5.73 Å². The molecule has 0 heterocycles. The van der Waals surface area contributed by atoms with Gasteiger partial charge >= 0.3 is 0 Å². The highest BCUT2D eigenvalue weighted by atomic mass is 19.1. The van der Waals surface area contributed by atoms with Gasteiger partial charge in [-0.25, -0.2) is 4.39 Å². The number of nitrogens with two attached hydrogens (primary N) is 1. The minimum Gasteiger partial charge on any atom is -0.370 e. The lowest BCUT2D eigenvalue weighted by Crippen LogP contribution is -2.17. The van der Waals surface area contributed by atoms with Crippen LogP contribution in [0.2, 0.25) is 0 Å². The van der Waals surface area contributed by atoms with E-state index in [0.29, 0.717) is 17.7 Å². The van der Waals surface area contributed by atoms with Crippen LogP contribution in [-0.2, 0) is 13.1 Å². The molecule has 3 heteroatoms. The lowest BCUT2D eigenvalue weighted by atomic mass is 10.1. The monoisotopic (exact) mass is 244 g/mol. The smallest absolute Gasteiger partial charge is 0.132 e. The number of hydrogen-bond donors (Lipinski definition) is 1. The molecule has 0 aliphatic rings. The Morgan fingerprint density at radius 2 is 1.67 bits per heavy atom. The van der Waals surface area contributed by atoms with Gasteiger partial charge in [0.2, 0.25) is 0 Å². The third-order valence-corrected chi connectivity index (χ3v) is 2.98. The first kappa shape index (κ1) is 12.6. The average Bonchev–Trinajstić information content (AvgIpc) is 2.42. The first-order chi connectivity index (χ1) is 8.72. The van der Waals surface area contributed by atoms with Crippen molar-refractivity contribution in [2.24, 2.45) is 5.73 Å². The van der Waals surface area contributed by atoms with Crippen LogP contribution >= 0.6 is 0 Å². The van der Waals surface area contributed by atoms with Crippen LogP contribution in [0.3, 0.4) is 0 Å². The molecule has 2 N–H and O–H groups in total. The Labute approximate surface area is 107 Å². The van der Waals surface area contributed by atoms with E-state index in [2.05, 4.69) is 0 Å². The number of halogens is 1. The number of para-hydroxylation sites is 1. The zero-order valence-electron chi connectivity index (χ0n) is 10.4. The summed E-state index contributed by atoms with van der Waals surface area (Å²) in [6.45, 7) is 0.762. The molecule has 2 rings (SSSR count). The minimum absolute atomic E-state index is 0.192. The molecule has 2 nitrogen and oxygen atoms in total. The van der Waals surface area contributed by atoms with Crippen molar-refractivity contribution in [1.29, 1.82) is 0 Å². The maximum absolute atomic E-state index is 14.0.